The number of rotatable bonds is 0. The number of hydrogen-bond donors (Lipinski definition) is 0. The van der Waals surface area contributed by atoms with Crippen LogP contribution in [0.25, 0.3) is 0 Å². The van der Waals surface area contributed by atoms with Gasteiger partial charge in [-0.2, -0.15) is 18.2 Å². The van der Waals surface area contributed by atoms with Crippen LogP contribution in [0, 0.1) is 0 Å². The van der Waals surface area contributed by atoms with E-state index in [1.54, 1.807) is 0 Å². The fourth-order valence-corrected chi connectivity index (χ4v) is 0.321. The first kappa shape index (κ1) is 6.75. The minimum atomic E-state index is 2.00. The Morgan fingerprint density at radius 3 is 1.71 bits per heavy atom. The molecule has 0 N–H and O–H groups in total. The third-order valence-corrected chi connectivity index (χ3v) is 0.556. The molecule has 0 saturated heterocycles. The summed E-state index contributed by atoms with van der Waals surface area (Å²) in [5.41, 5.74) is 0. The second-order valence-electron chi connectivity index (χ2n) is 0.962. The molecular weight excluding hydrogens is 124 g/mol. The first-order valence-electron chi connectivity index (χ1n) is 1.96. The van der Waals surface area contributed by atoms with Crippen LogP contribution in [-0.2, 0) is 15.9 Å². The van der Waals surface area contributed by atoms with Gasteiger partial charge < -0.3 is 0 Å². The van der Waals surface area contributed by atoms with E-state index in [1.807, 2.05) is 30.3 Å². The molecule has 0 amide bonds. The Kier molecular flexibility index (Phi) is 5.55. The molecule has 1 aromatic rings. The third kappa shape index (κ3) is 3.59. The Bertz CT molecular complexity index is 71.1. The molecule has 0 unspecified atom stereocenters. The van der Waals surface area contributed by atoms with Gasteiger partial charge in [0.2, 0.25) is 0 Å². The SMILES string of the molecule is [CH2]=[Cr].c1cc[cH-]c1. The van der Waals surface area contributed by atoms with Crippen LogP contribution in [-0.4, -0.2) is 5.39 Å². The molecule has 0 spiro atoms. The van der Waals surface area contributed by atoms with E-state index in [0.717, 1.165) is 0 Å². The molecule has 38 valence electrons. The maximum absolute atomic E-state index is 3.12. The van der Waals surface area contributed by atoms with Gasteiger partial charge in [0.1, 0.15) is 0 Å². The first-order chi connectivity index (χ1) is 3.50. The molecule has 0 aromatic heterocycles. The molecule has 0 radical (unpaired) electrons. The van der Waals surface area contributed by atoms with Crippen molar-refractivity contribution in [1.29, 1.82) is 0 Å². The van der Waals surface area contributed by atoms with E-state index >= 15 is 0 Å². The average molecular weight is 131 g/mol. The summed E-state index contributed by atoms with van der Waals surface area (Å²) >= 11 is 2.38. The molecule has 1 aromatic carbocycles. The summed E-state index contributed by atoms with van der Waals surface area (Å²) in [5, 5.41) is 3.12. The van der Waals surface area contributed by atoms with Crippen LogP contribution < -0.4 is 0 Å². The largest absolute Gasteiger partial charge is 0.214 e. The first-order valence-corrected chi connectivity index (χ1v) is 2.86. The molecule has 0 atom stereocenters. The topological polar surface area (TPSA) is 0 Å². The van der Waals surface area contributed by atoms with Crippen molar-refractivity contribution >= 4 is 5.39 Å². The van der Waals surface area contributed by atoms with Gasteiger partial charge in [-0.05, 0) is 0 Å². The molecule has 0 nitrogen and oxygen atoms in total. The third-order valence-electron chi connectivity index (χ3n) is 0.556. The molecule has 0 fully saturated rings. The van der Waals surface area contributed by atoms with Crippen molar-refractivity contribution in [3.05, 3.63) is 30.3 Å². The van der Waals surface area contributed by atoms with Crippen LogP contribution in [0.5, 0.6) is 0 Å². The molecule has 0 heterocycles. The van der Waals surface area contributed by atoms with Gasteiger partial charge in [-0.1, -0.05) is 0 Å². The van der Waals surface area contributed by atoms with E-state index in [4.69, 9.17) is 0 Å². The summed E-state index contributed by atoms with van der Waals surface area (Å²) in [4.78, 5) is 0. The summed E-state index contributed by atoms with van der Waals surface area (Å²) in [7, 11) is 0. The van der Waals surface area contributed by atoms with E-state index in [0.29, 0.717) is 0 Å². The Morgan fingerprint density at radius 2 is 1.57 bits per heavy atom. The molecule has 0 aliphatic rings. The average Bonchev–Trinajstić information content (AvgIpc) is 2.23. The van der Waals surface area contributed by atoms with Crippen molar-refractivity contribution in [2.45, 2.75) is 0 Å². The standard InChI is InChI=1S/C5H5.CH2.Cr/c1-2-4-5-3-1;;/h1-5H;1H2;/q-1;;. The van der Waals surface area contributed by atoms with Crippen molar-refractivity contribution in [2.24, 2.45) is 0 Å². The van der Waals surface area contributed by atoms with Gasteiger partial charge in [-0.25, -0.2) is 12.1 Å². The van der Waals surface area contributed by atoms with Crippen molar-refractivity contribution in [2.75, 3.05) is 0 Å². The van der Waals surface area contributed by atoms with Crippen LogP contribution in [0.1, 0.15) is 0 Å². The maximum atomic E-state index is 3.12. The summed E-state index contributed by atoms with van der Waals surface area (Å²) in [6.45, 7) is 0. The normalized spacial score (nSPS) is 6.29. The molecular formula is C6H7Cr-. The Hall–Kier alpha value is -0.248. The van der Waals surface area contributed by atoms with Crippen LogP contribution >= 0.6 is 0 Å². The Balaban J connectivity index is 0.000000162. The second kappa shape index (κ2) is 5.75. The Labute approximate surface area is 52.1 Å². The quantitative estimate of drug-likeness (QED) is 0.466. The smallest absolute Gasteiger partial charge is 0.172 e. The van der Waals surface area contributed by atoms with Crippen molar-refractivity contribution in [3.63, 3.8) is 0 Å². The van der Waals surface area contributed by atoms with Crippen LogP contribution in [0.2, 0.25) is 0 Å². The fourth-order valence-electron chi connectivity index (χ4n) is 0.321. The van der Waals surface area contributed by atoms with Crippen molar-refractivity contribution < 1.29 is 15.9 Å². The summed E-state index contributed by atoms with van der Waals surface area (Å²) in [6, 6.07) is 10.0. The van der Waals surface area contributed by atoms with Crippen LogP contribution in [0.3, 0.4) is 0 Å². The summed E-state index contributed by atoms with van der Waals surface area (Å²) in [6.07, 6.45) is 0. The molecule has 1 heteroatoms. The van der Waals surface area contributed by atoms with E-state index in [-0.39, 0.29) is 0 Å². The Morgan fingerprint density at radius 1 is 1.14 bits per heavy atom. The van der Waals surface area contributed by atoms with Gasteiger partial charge in [-0.3, -0.25) is 0 Å². The van der Waals surface area contributed by atoms with Crippen LogP contribution in [0.4, 0.5) is 0 Å². The van der Waals surface area contributed by atoms with Gasteiger partial charge >= 0.3 is 21.2 Å². The van der Waals surface area contributed by atoms with Gasteiger partial charge in [0.25, 0.3) is 0 Å². The van der Waals surface area contributed by atoms with Crippen molar-refractivity contribution in [1.82, 2.24) is 0 Å². The van der Waals surface area contributed by atoms with E-state index in [2.05, 4.69) is 21.2 Å². The van der Waals surface area contributed by atoms with E-state index in [9.17, 15) is 0 Å². The van der Waals surface area contributed by atoms with Gasteiger partial charge in [0.15, 0.2) is 0 Å². The minimum absolute atomic E-state index is 2.00. The van der Waals surface area contributed by atoms with Gasteiger partial charge in [0.05, 0.1) is 0 Å². The zero-order chi connectivity index (χ0) is 5.54. The van der Waals surface area contributed by atoms with Gasteiger partial charge in [0, 0.05) is 0 Å². The zero-order valence-electron chi connectivity index (χ0n) is 4.00. The molecule has 0 aliphatic heterocycles. The fraction of sp³-hybridized carbons (Fsp3) is 0. The zero-order valence-corrected chi connectivity index (χ0v) is 5.28. The van der Waals surface area contributed by atoms with Gasteiger partial charge in [-0.15, -0.1) is 0 Å². The number of hydrogen-bond acceptors (Lipinski definition) is 0. The molecule has 1 rings (SSSR count). The second-order valence-corrected chi connectivity index (χ2v) is 0.962. The molecule has 0 bridgehead atoms. The van der Waals surface area contributed by atoms with E-state index < -0.39 is 0 Å². The van der Waals surface area contributed by atoms with Crippen LogP contribution in [0.15, 0.2) is 30.3 Å². The predicted molar refractivity (Wildman–Crippen MR) is 29.2 cm³/mol. The molecule has 0 saturated carbocycles. The van der Waals surface area contributed by atoms with Crippen molar-refractivity contribution in [3.8, 4) is 0 Å². The monoisotopic (exact) mass is 131 g/mol. The summed E-state index contributed by atoms with van der Waals surface area (Å²) < 4.78 is 0. The molecule has 0 aliphatic carbocycles. The minimum Gasteiger partial charge on any atom is -0.214 e. The summed E-state index contributed by atoms with van der Waals surface area (Å²) in [5.74, 6) is 0. The van der Waals surface area contributed by atoms with E-state index in [1.165, 1.54) is 0 Å². The molecule has 7 heavy (non-hydrogen) atoms. The predicted octanol–water partition coefficient (Wildman–Crippen LogP) is 1.37. The maximum Gasteiger partial charge on any atom is -0.172 e.